The molecule has 144 valence electrons. The Hall–Kier alpha value is -2.38. The van der Waals surface area contributed by atoms with E-state index in [1.54, 1.807) is 48.5 Å². The molecule has 7 heteroatoms. The van der Waals surface area contributed by atoms with Crippen LogP contribution in [0.4, 0.5) is 5.69 Å². The van der Waals surface area contributed by atoms with Crippen LogP contribution in [0.25, 0.3) is 0 Å². The first-order valence-corrected chi connectivity index (χ1v) is 10.4. The Morgan fingerprint density at radius 1 is 1.22 bits per heavy atom. The zero-order valence-electron chi connectivity index (χ0n) is 15.5. The normalized spacial score (nSPS) is 16.9. The van der Waals surface area contributed by atoms with E-state index in [0.29, 0.717) is 17.8 Å². The van der Waals surface area contributed by atoms with E-state index in [9.17, 15) is 13.2 Å². The van der Waals surface area contributed by atoms with Crippen LogP contribution in [0.3, 0.4) is 0 Å². The summed E-state index contributed by atoms with van der Waals surface area (Å²) in [7, 11) is -2.20. The van der Waals surface area contributed by atoms with E-state index in [0.717, 1.165) is 25.0 Å². The van der Waals surface area contributed by atoms with Crippen molar-refractivity contribution in [3.63, 3.8) is 0 Å². The molecule has 27 heavy (non-hydrogen) atoms. The van der Waals surface area contributed by atoms with Gasteiger partial charge < -0.3 is 10.1 Å². The van der Waals surface area contributed by atoms with E-state index >= 15 is 0 Å². The summed E-state index contributed by atoms with van der Waals surface area (Å²) in [6, 6.07) is 13.3. The van der Waals surface area contributed by atoms with Crippen LogP contribution in [0.2, 0.25) is 0 Å². The smallest absolute Gasteiger partial charge is 0.264 e. The maximum Gasteiger partial charge on any atom is 0.264 e. The van der Waals surface area contributed by atoms with Gasteiger partial charge in [0.1, 0.15) is 0 Å². The zero-order chi connectivity index (χ0) is 19.4. The predicted molar refractivity (Wildman–Crippen MR) is 105 cm³/mol. The monoisotopic (exact) mass is 388 g/mol. The molecular weight excluding hydrogens is 364 g/mol. The van der Waals surface area contributed by atoms with E-state index in [2.05, 4.69) is 5.32 Å². The molecule has 2 aromatic carbocycles. The highest BCUT2D eigenvalue weighted by molar-refractivity contribution is 7.92. The van der Waals surface area contributed by atoms with Gasteiger partial charge in [-0.25, -0.2) is 8.42 Å². The molecule has 2 aromatic rings. The third kappa shape index (κ3) is 4.31. The van der Waals surface area contributed by atoms with Gasteiger partial charge in [-0.05, 0) is 49.6 Å². The molecule has 1 heterocycles. The van der Waals surface area contributed by atoms with Crippen molar-refractivity contribution in [2.24, 2.45) is 0 Å². The van der Waals surface area contributed by atoms with E-state index in [1.165, 1.54) is 11.4 Å². The molecule has 0 saturated carbocycles. The molecule has 1 unspecified atom stereocenters. The summed E-state index contributed by atoms with van der Waals surface area (Å²) >= 11 is 0. The minimum atomic E-state index is -3.70. The van der Waals surface area contributed by atoms with Crippen molar-refractivity contribution in [1.82, 2.24) is 5.32 Å². The second-order valence-corrected chi connectivity index (χ2v) is 8.60. The molecule has 0 aromatic heterocycles. The summed E-state index contributed by atoms with van der Waals surface area (Å²) in [5, 5.41) is 2.87. The van der Waals surface area contributed by atoms with Crippen molar-refractivity contribution in [1.29, 1.82) is 0 Å². The van der Waals surface area contributed by atoms with Gasteiger partial charge in [0.15, 0.2) is 0 Å². The van der Waals surface area contributed by atoms with Gasteiger partial charge in [-0.15, -0.1) is 0 Å². The Labute approximate surface area is 160 Å². The van der Waals surface area contributed by atoms with Gasteiger partial charge in [0.25, 0.3) is 15.9 Å². The lowest BCUT2D eigenvalue weighted by Crippen LogP contribution is -2.32. The van der Waals surface area contributed by atoms with Crippen LogP contribution in [-0.4, -0.2) is 40.6 Å². The van der Waals surface area contributed by atoms with Gasteiger partial charge in [-0.2, -0.15) is 0 Å². The summed E-state index contributed by atoms with van der Waals surface area (Å²) in [6.45, 7) is 3.01. The lowest BCUT2D eigenvalue weighted by Gasteiger charge is -2.22. The first-order chi connectivity index (χ1) is 12.9. The first kappa shape index (κ1) is 19.4. The molecule has 0 spiro atoms. The summed E-state index contributed by atoms with van der Waals surface area (Å²) < 4.78 is 32.5. The number of rotatable bonds is 6. The van der Waals surface area contributed by atoms with Gasteiger partial charge in [-0.1, -0.05) is 24.3 Å². The molecule has 1 aliphatic rings. The number of nitrogens with one attached hydrogen (secondary N) is 1. The average molecular weight is 388 g/mol. The molecule has 1 aliphatic heterocycles. The highest BCUT2D eigenvalue weighted by atomic mass is 32.2. The fraction of sp³-hybridized carbons (Fsp3) is 0.350. The summed E-state index contributed by atoms with van der Waals surface area (Å²) in [6.07, 6.45) is 2.01. The molecular formula is C20H24N2O4S. The highest BCUT2D eigenvalue weighted by Crippen LogP contribution is 2.26. The number of carbonyl (C=O) groups excluding carboxylic acids is 1. The minimum absolute atomic E-state index is 0.0556. The van der Waals surface area contributed by atoms with Crippen LogP contribution >= 0.6 is 0 Å². The molecule has 6 nitrogen and oxygen atoms in total. The number of anilines is 1. The average Bonchev–Trinajstić information content (AvgIpc) is 3.20. The second kappa shape index (κ2) is 8.10. The maximum absolute atomic E-state index is 12.9. The third-order valence-corrected chi connectivity index (χ3v) is 6.51. The number of carbonyl (C=O) groups is 1. The number of ether oxygens (including phenoxy) is 1. The standard InChI is InChI=1S/C20H24N2O4S/c1-15-10-11-16(20(23)21-14-17-7-6-12-26-17)13-19(15)22(2)27(24,25)18-8-4-3-5-9-18/h3-5,8-11,13,17H,6-7,12,14H2,1-2H3,(H,21,23). The maximum atomic E-state index is 12.9. The molecule has 1 N–H and O–H groups in total. The predicted octanol–water partition coefficient (Wildman–Crippen LogP) is 2.73. The Bertz CT molecular complexity index is 907. The van der Waals surface area contributed by atoms with Crippen LogP contribution in [0, 0.1) is 6.92 Å². The van der Waals surface area contributed by atoms with Gasteiger partial charge in [0.05, 0.1) is 16.7 Å². The number of nitrogens with zero attached hydrogens (tertiary/aromatic N) is 1. The van der Waals surface area contributed by atoms with Crippen molar-refractivity contribution < 1.29 is 17.9 Å². The zero-order valence-corrected chi connectivity index (χ0v) is 16.3. The summed E-state index contributed by atoms with van der Waals surface area (Å²) in [5.74, 6) is -0.239. The molecule has 1 fully saturated rings. The fourth-order valence-electron chi connectivity index (χ4n) is 3.08. The van der Waals surface area contributed by atoms with E-state index in [1.807, 2.05) is 6.92 Å². The van der Waals surface area contributed by atoms with Crippen molar-refractivity contribution in [2.45, 2.75) is 30.8 Å². The topological polar surface area (TPSA) is 75.7 Å². The fourth-order valence-corrected chi connectivity index (χ4v) is 4.36. The van der Waals surface area contributed by atoms with Gasteiger partial charge in [-0.3, -0.25) is 9.10 Å². The molecule has 0 aliphatic carbocycles. The molecule has 0 radical (unpaired) electrons. The van der Waals surface area contributed by atoms with Crippen LogP contribution in [0.15, 0.2) is 53.4 Å². The number of aryl methyl sites for hydroxylation is 1. The number of hydrogen-bond donors (Lipinski definition) is 1. The summed E-state index contributed by atoms with van der Waals surface area (Å²) in [4.78, 5) is 12.7. The van der Waals surface area contributed by atoms with Crippen LogP contribution in [0.1, 0.15) is 28.8 Å². The van der Waals surface area contributed by atoms with Crippen LogP contribution in [-0.2, 0) is 14.8 Å². The van der Waals surface area contributed by atoms with Gasteiger partial charge in [0.2, 0.25) is 0 Å². The van der Waals surface area contributed by atoms with E-state index in [-0.39, 0.29) is 16.9 Å². The van der Waals surface area contributed by atoms with Crippen molar-refractivity contribution in [3.8, 4) is 0 Å². The molecule has 1 amide bonds. The Balaban J connectivity index is 1.81. The quantitative estimate of drug-likeness (QED) is 0.826. The lowest BCUT2D eigenvalue weighted by atomic mass is 10.1. The Morgan fingerprint density at radius 3 is 2.63 bits per heavy atom. The van der Waals surface area contributed by atoms with Crippen molar-refractivity contribution in [3.05, 3.63) is 59.7 Å². The number of benzene rings is 2. The van der Waals surface area contributed by atoms with E-state index in [4.69, 9.17) is 4.74 Å². The highest BCUT2D eigenvalue weighted by Gasteiger charge is 2.23. The Kier molecular flexibility index (Phi) is 5.82. The molecule has 1 atom stereocenters. The summed E-state index contributed by atoms with van der Waals surface area (Å²) in [5.41, 5.74) is 1.67. The molecule has 3 rings (SSSR count). The second-order valence-electron chi connectivity index (χ2n) is 6.63. The van der Waals surface area contributed by atoms with Crippen LogP contribution in [0.5, 0.6) is 0 Å². The number of sulfonamides is 1. The number of hydrogen-bond acceptors (Lipinski definition) is 4. The third-order valence-electron chi connectivity index (χ3n) is 4.73. The van der Waals surface area contributed by atoms with E-state index < -0.39 is 10.0 Å². The molecule has 0 bridgehead atoms. The number of amides is 1. The SMILES string of the molecule is Cc1ccc(C(=O)NCC2CCCO2)cc1N(C)S(=O)(=O)c1ccccc1. The minimum Gasteiger partial charge on any atom is -0.376 e. The van der Waals surface area contributed by atoms with Gasteiger partial charge in [0, 0.05) is 25.8 Å². The van der Waals surface area contributed by atoms with Crippen molar-refractivity contribution >= 4 is 21.6 Å². The van der Waals surface area contributed by atoms with Crippen LogP contribution < -0.4 is 9.62 Å². The first-order valence-electron chi connectivity index (χ1n) is 8.94. The lowest BCUT2D eigenvalue weighted by molar-refractivity contribution is 0.0858. The molecule has 1 saturated heterocycles. The largest absolute Gasteiger partial charge is 0.376 e. The van der Waals surface area contributed by atoms with Crippen molar-refractivity contribution in [2.75, 3.05) is 24.5 Å². The van der Waals surface area contributed by atoms with Gasteiger partial charge >= 0.3 is 0 Å². The Morgan fingerprint density at radius 2 is 1.96 bits per heavy atom.